The SMILES string of the molecule is Cc1nc(-c2cccc(NC(=O)c3ccc4c(c3)CCN4S(C)(=O)=O)c2)n[nH]1. The Labute approximate surface area is 162 Å². The first-order valence-electron chi connectivity index (χ1n) is 8.73. The van der Waals surface area contributed by atoms with E-state index in [9.17, 15) is 13.2 Å². The lowest BCUT2D eigenvalue weighted by Crippen LogP contribution is -2.27. The second-order valence-electron chi connectivity index (χ2n) is 6.71. The van der Waals surface area contributed by atoms with Crippen molar-refractivity contribution in [2.75, 3.05) is 22.4 Å². The summed E-state index contributed by atoms with van der Waals surface area (Å²) in [5, 5.41) is 9.80. The predicted molar refractivity (Wildman–Crippen MR) is 107 cm³/mol. The zero-order chi connectivity index (χ0) is 19.9. The van der Waals surface area contributed by atoms with Gasteiger partial charge in [-0.05, 0) is 49.2 Å². The summed E-state index contributed by atoms with van der Waals surface area (Å²) in [6.07, 6.45) is 1.77. The zero-order valence-corrected chi connectivity index (χ0v) is 16.2. The van der Waals surface area contributed by atoms with Gasteiger partial charge in [0.05, 0.1) is 11.9 Å². The van der Waals surface area contributed by atoms with Crippen LogP contribution >= 0.6 is 0 Å². The largest absolute Gasteiger partial charge is 0.322 e. The molecule has 144 valence electrons. The maximum Gasteiger partial charge on any atom is 0.255 e. The molecule has 0 aliphatic carbocycles. The first kappa shape index (κ1) is 18.2. The van der Waals surface area contributed by atoms with Gasteiger partial charge >= 0.3 is 0 Å². The molecule has 2 heterocycles. The molecule has 0 spiro atoms. The van der Waals surface area contributed by atoms with Crippen molar-refractivity contribution < 1.29 is 13.2 Å². The molecule has 0 radical (unpaired) electrons. The topological polar surface area (TPSA) is 108 Å². The van der Waals surface area contributed by atoms with Gasteiger partial charge in [0.1, 0.15) is 5.82 Å². The summed E-state index contributed by atoms with van der Waals surface area (Å²) in [6.45, 7) is 2.22. The second kappa shape index (κ2) is 6.75. The van der Waals surface area contributed by atoms with Crippen LogP contribution in [0.5, 0.6) is 0 Å². The summed E-state index contributed by atoms with van der Waals surface area (Å²) in [5.41, 5.74) is 3.39. The Morgan fingerprint density at radius 2 is 2.04 bits per heavy atom. The molecule has 0 saturated heterocycles. The summed E-state index contributed by atoms with van der Waals surface area (Å²) in [4.78, 5) is 17.0. The first-order valence-corrected chi connectivity index (χ1v) is 10.6. The van der Waals surface area contributed by atoms with Gasteiger partial charge in [0, 0.05) is 23.4 Å². The third-order valence-electron chi connectivity index (χ3n) is 4.57. The van der Waals surface area contributed by atoms with Crippen molar-refractivity contribution in [2.24, 2.45) is 0 Å². The molecule has 0 atom stereocenters. The van der Waals surface area contributed by atoms with Gasteiger partial charge in [-0.3, -0.25) is 14.2 Å². The highest BCUT2D eigenvalue weighted by molar-refractivity contribution is 7.92. The number of benzene rings is 2. The molecule has 0 saturated carbocycles. The van der Waals surface area contributed by atoms with E-state index < -0.39 is 10.0 Å². The number of carbonyl (C=O) groups is 1. The van der Waals surface area contributed by atoms with Crippen molar-refractivity contribution in [1.82, 2.24) is 15.2 Å². The molecule has 0 bridgehead atoms. The third kappa shape index (κ3) is 3.48. The van der Waals surface area contributed by atoms with Crippen LogP contribution in [0.2, 0.25) is 0 Å². The van der Waals surface area contributed by atoms with Gasteiger partial charge < -0.3 is 5.32 Å². The van der Waals surface area contributed by atoms with E-state index >= 15 is 0 Å². The van der Waals surface area contributed by atoms with Gasteiger partial charge in [-0.25, -0.2) is 13.4 Å². The Balaban J connectivity index is 1.55. The Hall–Kier alpha value is -3.20. The smallest absolute Gasteiger partial charge is 0.255 e. The van der Waals surface area contributed by atoms with Crippen LogP contribution in [0.15, 0.2) is 42.5 Å². The summed E-state index contributed by atoms with van der Waals surface area (Å²) in [5.74, 6) is 1.02. The lowest BCUT2D eigenvalue weighted by molar-refractivity contribution is 0.102. The maximum absolute atomic E-state index is 12.7. The van der Waals surface area contributed by atoms with Gasteiger partial charge in [-0.2, -0.15) is 5.10 Å². The third-order valence-corrected chi connectivity index (χ3v) is 5.75. The highest BCUT2D eigenvalue weighted by Crippen LogP contribution is 2.31. The molecule has 0 unspecified atom stereocenters. The van der Waals surface area contributed by atoms with Gasteiger partial charge in [0.2, 0.25) is 10.0 Å². The fraction of sp³-hybridized carbons (Fsp3) is 0.211. The molecular formula is C19H19N5O3S. The molecule has 2 aromatic carbocycles. The molecule has 1 aromatic heterocycles. The number of H-pyrrole nitrogens is 1. The number of hydrogen-bond donors (Lipinski definition) is 2. The van der Waals surface area contributed by atoms with Crippen LogP contribution in [0.1, 0.15) is 21.7 Å². The number of anilines is 2. The number of aryl methyl sites for hydroxylation is 1. The molecule has 3 aromatic rings. The van der Waals surface area contributed by atoms with E-state index in [0.29, 0.717) is 41.6 Å². The van der Waals surface area contributed by atoms with Crippen LogP contribution in [0, 0.1) is 6.92 Å². The molecule has 2 N–H and O–H groups in total. The van der Waals surface area contributed by atoms with Crippen molar-refractivity contribution >= 4 is 27.3 Å². The minimum absolute atomic E-state index is 0.260. The minimum Gasteiger partial charge on any atom is -0.322 e. The fourth-order valence-electron chi connectivity index (χ4n) is 3.27. The molecule has 0 fully saturated rings. The molecule has 1 aliphatic rings. The van der Waals surface area contributed by atoms with Crippen LogP contribution in [-0.2, 0) is 16.4 Å². The van der Waals surface area contributed by atoms with Gasteiger partial charge in [-0.1, -0.05) is 12.1 Å². The number of fused-ring (bicyclic) bond motifs is 1. The maximum atomic E-state index is 12.7. The Bertz CT molecular complexity index is 1170. The number of sulfonamides is 1. The number of nitrogens with zero attached hydrogens (tertiary/aromatic N) is 3. The summed E-state index contributed by atoms with van der Waals surface area (Å²) in [6, 6.07) is 12.4. The van der Waals surface area contributed by atoms with E-state index in [1.165, 1.54) is 10.6 Å². The molecule has 28 heavy (non-hydrogen) atoms. The molecule has 4 rings (SSSR count). The van der Waals surface area contributed by atoms with Crippen LogP contribution in [0.25, 0.3) is 11.4 Å². The zero-order valence-electron chi connectivity index (χ0n) is 15.4. The van der Waals surface area contributed by atoms with E-state index in [4.69, 9.17) is 0 Å². The normalized spacial score (nSPS) is 13.4. The average molecular weight is 397 g/mol. The quantitative estimate of drug-likeness (QED) is 0.703. The van der Waals surface area contributed by atoms with Crippen LogP contribution in [0.4, 0.5) is 11.4 Å². The molecule has 9 heteroatoms. The summed E-state index contributed by atoms with van der Waals surface area (Å²) in [7, 11) is -3.31. The Kier molecular flexibility index (Phi) is 4.38. The molecule has 8 nitrogen and oxygen atoms in total. The lowest BCUT2D eigenvalue weighted by Gasteiger charge is -2.16. The van der Waals surface area contributed by atoms with E-state index in [1.54, 1.807) is 30.3 Å². The van der Waals surface area contributed by atoms with Crippen molar-refractivity contribution in [3.63, 3.8) is 0 Å². The number of hydrogen-bond acceptors (Lipinski definition) is 5. The average Bonchev–Trinajstić information content (AvgIpc) is 3.27. The second-order valence-corrected chi connectivity index (χ2v) is 8.61. The number of aromatic amines is 1. The van der Waals surface area contributed by atoms with E-state index in [0.717, 1.165) is 11.1 Å². The highest BCUT2D eigenvalue weighted by atomic mass is 32.2. The van der Waals surface area contributed by atoms with Crippen molar-refractivity contribution in [1.29, 1.82) is 0 Å². The molecule has 1 amide bonds. The Morgan fingerprint density at radius 1 is 1.21 bits per heavy atom. The summed E-state index contributed by atoms with van der Waals surface area (Å²) < 4.78 is 25.0. The van der Waals surface area contributed by atoms with Crippen molar-refractivity contribution in [3.05, 3.63) is 59.4 Å². The molecular weight excluding hydrogens is 378 g/mol. The first-order chi connectivity index (χ1) is 13.3. The van der Waals surface area contributed by atoms with Gasteiger partial charge in [0.25, 0.3) is 5.91 Å². The number of aromatic nitrogens is 3. The number of nitrogens with one attached hydrogen (secondary N) is 2. The lowest BCUT2D eigenvalue weighted by atomic mass is 10.1. The van der Waals surface area contributed by atoms with E-state index in [2.05, 4.69) is 20.5 Å². The number of rotatable bonds is 4. The van der Waals surface area contributed by atoms with Crippen LogP contribution in [0.3, 0.4) is 0 Å². The van der Waals surface area contributed by atoms with Crippen molar-refractivity contribution in [2.45, 2.75) is 13.3 Å². The molecule has 1 aliphatic heterocycles. The minimum atomic E-state index is -3.31. The van der Waals surface area contributed by atoms with Crippen LogP contribution < -0.4 is 9.62 Å². The fourth-order valence-corrected chi connectivity index (χ4v) is 4.23. The summed E-state index contributed by atoms with van der Waals surface area (Å²) >= 11 is 0. The van der Waals surface area contributed by atoms with Gasteiger partial charge in [-0.15, -0.1) is 0 Å². The Morgan fingerprint density at radius 3 is 2.75 bits per heavy atom. The number of carbonyl (C=O) groups excluding carboxylic acids is 1. The van der Waals surface area contributed by atoms with E-state index in [1.807, 2.05) is 19.1 Å². The van der Waals surface area contributed by atoms with Crippen molar-refractivity contribution in [3.8, 4) is 11.4 Å². The monoisotopic (exact) mass is 397 g/mol. The van der Waals surface area contributed by atoms with Crippen LogP contribution in [-0.4, -0.2) is 42.3 Å². The predicted octanol–water partition coefficient (Wildman–Crippen LogP) is 2.35. The number of amides is 1. The van der Waals surface area contributed by atoms with Gasteiger partial charge in [0.15, 0.2) is 5.82 Å². The standard InChI is InChI=1S/C19H19N5O3S/c1-12-20-18(23-22-12)14-4-3-5-16(11-14)21-19(25)15-6-7-17-13(10-15)8-9-24(17)28(2,26)27/h3-7,10-11H,8-9H2,1-2H3,(H,21,25)(H,20,22,23). The van der Waals surface area contributed by atoms with E-state index in [-0.39, 0.29) is 5.91 Å². The highest BCUT2D eigenvalue weighted by Gasteiger charge is 2.26.